The molecule has 0 aromatic rings. The molecule has 0 aromatic heterocycles. The van der Waals surface area contributed by atoms with Crippen molar-refractivity contribution in [2.24, 2.45) is 0 Å². The zero-order valence-electron chi connectivity index (χ0n) is 12.5. The molecule has 0 aromatic carbocycles. The summed E-state index contributed by atoms with van der Waals surface area (Å²) in [5.41, 5.74) is 0. The van der Waals surface area contributed by atoms with Crippen LogP contribution in [0.5, 0.6) is 0 Å². The fourth-order valence-electron chi connectivity index (χ4n) is 1.93. The van der Waals surface area contributed by atoms with Gasteiger partial charge in [0.2, 0.25) is 0 Å². The highest BCUT2D eigenvalue weighted by atomic mass is 32.2. The van der Waals surface area contributed by atoms with Crippen molar-refractivity contribution in [1.82, 2.24) is 14.3 Å². The maximum Gasteiger partial charge on any atom is 0.279 e. The summed E-state index contributed by atoms with van der Waals surface area (Å²) in [6.07, 6.45) is 6.44. The van der Waals surface area contributed by atoms with Crippen molar-refractivity contribution in [3.05, 3.63) is 0 Å². The highest BCUT2D eigenvalue weighted by Gasteiger charge is 2.21. The fraction of sp³-hybridized carbons (Fsp3) is 1.00. The van der Waals surface area contributed by atoms with Gasteiger partial charge in [-0.2, -0.15) is 17.4 Å². The van der Waals surface area contributed by atoms with Gasteiger partial charge in [-0.3, -0.25) is 0 Å². The molecule has 114 valence electrons. The van der Waals surface area contributed by atoms with Crippen LogP contribution in [0.25, 0.3) is 0 Å². The molecule has 19 heavy (non-hydrogen) atoms. The average Bonchev–Trinajstić information content (AvgIpc) is 3.15. The lowest BCUT2D eigenvalue weighted by atomic mass is 10.2. The Hall–Kier alpha value is -0.170. The van der Waals surface area contributed by atoms with Crippen LogP contribution >= 0.6 is 0 Å². The van der Waals surface area contributed by atoms with E-state index in [1.807, 2.05) is 6.92 Å². The largest absolute Gasteiger partial charge is 0.314 e. The molecule has 0 spiro atoms. The van der Waals surface area contributed by atoms with Gasteiger partial charge in [0.25, 0.3) is 10.2 Å². The van der Waals surface area contributed by atoms with E-state index < -0.39 is 10.2 Å². The molecule has 1 fully saturated rings. The second-order valence-corrected chi connectivity index (χ2v) is 7.38. The second-order valence-electron chi connectivity index (χ2n) is 5.57. The molecule has 0 radical (unpaired) electrons. The van der Waals surface area contributed by atoms with Gasteiger partial charge in [-0.15, -0.1) is 0 Å². The maximum absolute atomic E-state index is 12.0. The Kier molecular flexibility index (Phi) is 7.28. The minimum absolute atomic E-state index is 0.0111. The van der Waals surface area contributed by atoms with Crippen LogP contribution in [0.4, 0.5) is 0 Å². The van der Waals surface area contributed by atoms with Gasteiger partial charge in [0, 0.05) is 25.7 Å². The molecule has 1 atom stereocenters. The van der Waals surface area contributed by atoms with Crippen molar-refractivity contribution < 1.29 is 8.42 Å². The molecular weight excluding hydrogens is 262 g/mol. The molecule has 1 aliphatic rings. The van der Waals surface area contributed by atoms with Crippen LogP contribution in [0, 0.1) is 0 Å². The van der Waals surface area contributed by atoms with Crippen molar-refractivity contribution in [3.63, 3.8) is 0 Å². The molecular formula is C13H29N3O2S. The molecule has 1 saturated carbocycles. The molecule has 5 nitrogen and oxygen atoms in total. The van der Waals surface area contributed by atoms with E-state index in [1.54, 1.807) is 7.05 Å². The number of hydrogen-bond donors (Lipinski definition) is 2. The molecule has 6 heteroatoms. The first-order valence-electron chi connectivity index (χ1n) is 7.42. The third kappa shape index (κ3) is 7.25. The number of unbranched alkanes of at least 4 members (excludes halogenated alkanes) is 1. The van der Waals surface area contributed by atoms with E-state index in [0.29, 0.717) is 12.6 Å². The van der Waals surface area contributed by atoms with Gasteiger partial charge < -0.3 is 5.32 Å². The lowest BCUT2D eigenvalue weighted by molar-refractivity contribution is 0.432. The number of rotatable bonds is 11. The van der Waals surface area contributed by atoms with E-state index in [9.17, 15) is 8.42 Å². The van der Waals surface area contributed by atoms with E-state index in [0.717, 1.165) is 32.2 Å². The minimum Gasteiger partial charge on any atom is -0.314 e. The van der Waals surface area contributed by atoms with Crippen molar-refractivity contribution in [2.45, 2.75) is 64.5 Å². The molecule has 2 N–H and O–H groups in total. The van der Waals surface area contributed by atoms with E-state index in [4.69, 9.17) is 0 Å². The van der Waals surface area contributed by atoms with Gasteiger partial charge in [-0.25, -0.2) is 0 Å². The molecule has 1 aliphatic carbocycles. The lowest BCUT2D eigenvalue weighted by Crippen LogP contribution is -2.43. The zero-order chi connectivity index (χ0) is 14.3. The summed E-state index contributed by atoms with van der Waals surface area (Å²) < 4.78 is 28.2. The summed E-state index contributed by atoms with van der Waals surface area (Å²) in [5, 5.41) is 3.39. The Labute approximate surface area is 118 Å². The summed E-state index contributed by atoms with van der Waals surface area (Å²) in [7, 11) is -1.67. The maximum atomic E-state index is 12.0. The normalized spacial score (nSPS) is 17.9. The van der Waals surface area contributed by atoms with Gasteiger partial charge in [0.1, 0.15) is 0 Å². The monoisotopic (exact) mass is 291 g/mol. The van der Waals surface area contributed by atoms with Gasteiger partial charge >= 0.3 is 0 Å². The number of nitrogens with zero attached hydrogens (tertiary/aromatic N) is 1. The van der Waals surface area contributed by atoms with Gasteiger partial charge in [-0.1, -0.05) is 19.8 Å². The van der Waals surface area contributed by atoms with Crippen LogP contribution in [-0.4, -0.2) is 44.9 Å². The van der Waals surface area contributed by atoms with Gasteiger partial charge in [0.15, 0.2) is 0 Å². The summed E-state index contributed by atoms with van der Waals surface area (Å²) in [5.74, 6) is 0. The fourth-order valence-corrected chi connectivity index (χ4v) is 3.10. The third-order valence-electron chi connectivity index (χ3n) is 3.41. The third-order valence-corrected chi connectivity index (χ3v) is 5.11. The predicted molar refractivity (Wildman–Crippen MR) is 79.3 cm³/mol. The highest BCUT2D eigenvalue weighted by Crippen LogP contribution is 2.18. The van der Waals surface area contributed by atoms with Crippen LogP contribution in [0.1, 0.15) is 52.4 Å². The van der Waals surface area contributed by atoms with Gasteiger partial charge in [-0.05, 0) is 39.2 Å². The molecule has 0 amide bonds. The van der Waals surface area contributed by atoms with Crippen molar-refractivity contribution in [2.75, 3.05) is 20.1 Å². The first-order chi connectivity index (χ1) is 8.95. The standard InChI is InChI=1S/C13H29N3O2S/c1-4-5-7-12(2)15-19(17,18)16(3)11-6-10-14-13-8-9-13/h12-15H,4-11H2,1-3H3. The van der Waals surface area contributed by atoms with Crippen molar-refractivity contribution in [3.8, 4) is 0 Å². The van der Waals surface area contributed by atoms with E-state index in [-0.39, 0.29) is 6.04 Å². The van der Waals surface area contributed by atoms with Crippen LogP contribution in [0.15, 0.2) is 0 Å². The van der Waals surface area contributed by atoms with E-state index in [2.05, 4.69) is 17.0 Å². The first-order valence-corrected chi connectivity index (χ1v) is 8.86. The summed E-state index contributed by atoms with van der Waals surface area (Å²) in [6, 6.07) is 0.700. The van der Waals surface area contributed by atoms with E-state index in [1.165, 1.54) is 17.1 Å². The first kappa shape index (κ1) is 16.9. The quantitative estimate of drug-likeness (QED) is 0.567. The Bertz CT molecular complexity index is 342. The Morgan fingerprint density at radius 2 is 2.00 bits per heavy atom. The summed E-state index contributed by atoms with van der Waals surface area (Å²) in [6.45, 7) is 5.50. The SMILES string of the molecule is CCCCC(C)NS(=O)(=O)N(C)CCCNC1CC1. The zero-order valence-corrected chi connectivity index (χ0v) is 13.3. The Morgan fingerprint density at radius 3 is 2.58 bits per heavy atom. The van der Waals surface area contributed by atoms with E-state index >= 15 is 0 Å². The van der Waals surface area contributed by atoms with Gasteiger partial charge in [0.05, 0.1) is 0 Å². The molecule has 0 aliphatic heterocycles. The summed E-state index contributed by atoms with van der Waals surface area (Å²) in [4.78, 5) is 0. The average molecular weight is 291 g/mol. The van der Waals surface area contributed by atoms with Crippen molar-refractivity contribution >= 4 is 10.2 Å². The number of nitrogens with one attached hydrogen (secondary N) is 2. The minimum atomic E-state index is -3.32. The predicted octanol–water partition coefficient (Wildman–Crippen LogP) is 1.47. The molecule has 0 heterocycles. The topological polar surface area (TPSA) is 61.4 Å². The Morgan fingerprint density at radius 1 is 1.32 bits per heavy atom. The molecule has 0 bridgehead atoms. The molecule has 1 rings (SSSR count). The lowest BCUT2D eigenvalue weighted by Gasteiger charge is -2.21. The molecule has 1 unspecified atom stereocenters. The van der Waals surface area contributed by atoms with Crippen LogP contribution in [0.3, 0.4) is 0 Å². The number of hydrogen-bond acceptors (Lipinski definition) is 3. The second kappa shape index (κ2) is 8.19. The smallest absolute Gasteiger partial charge is 0.279 e. The molecule has 0 saturated heterocycles. The van der Waals surface area contributed by atoms with Crippen LogP contribution in [-0.2, 0) is 10.2 Å². The van der Waals surface area contributed by atoms with Crippen molar-refractivity contribution in [1.29, 1.82) is 0 Å². The Balaban J connectivity index is 2.20. The highest BCUT2D eigenvalue weighted by molar-refractivity contribution is 7.87. The van der Waals surface area contributed by atoms with Crippen LogP contribution < -0.4 is 10.0 Å². The summed E-state index contributed by atoms with van der Waals surface area (Å²) >= 11 is 0. The van der Waals surface area contributed by atoms with Crippen LogP contribution in [0.2, 0.25) is 0 Å².